The minimum absolute atomic E-state index is 0.0950. The van der Waals surface area contributed by atoms with Crippen LogP contribution in [-0.2, 0) is 13.6 Å². The molecule has 0 radical (unpaired) electrons. The van der Waals surface area contributed by atoms with Gasteiger partial charge in [-0.1, -0.05) is 106 Å². The maximum Gasteiger partial charge on any atom is 0.472 e. The molecular weight excluding hydrogens is 475 g/mol. The Balaban J connectivity index is 3.27. The molecule has 0 bridgehead atoms. The van der Waals surface area contributed by atoms with Gasteiger partial charge in [-0.15, -0.1) is 0 Å². The van der Waals surface area contributed by atoms with E-state index in [1.165, 1.54) is 83.5 Å². The van der Waals surface area contributed by atoms with E-state index >= 15 is 0 Å². The van der Waals surface area contributed by atoms with Gasteiger partial charge in [0, 0.05) is 11.1 Å². The van der Waals surface area contributed by atoms with Crippen LogP contribution in [0.15, 0.2) is 0 Å². The lowest BCUT2D eigenvalue weighted by Gasteiger charge is -2.14. The van der Waals surface area contributed by atoms with Crippen LogP contribution in [0.1, 0.15) is 96.8 Å². The average Bonchev–Trinajstić information content (AvgIpc) is 2.70. The van der Waals surface area contributed by atoms with E-state index in [2.05, 4.69) is 27.4 Å². The van der Waals surface area contributed by atoms with Gasteiger partial charge in [-0.25, -0.2) is 4.57 Å². The molecule has 0 saturated heterocycles. The number of phosphoric ester groups is 1. The Morgan fingerprint density at radius 3 is 1.83 bits per heavy atom. The van der Waals surface area contributed by atoms with Crippen LogP contribution in [0.4, 0.5) is 0 Å². The topological polar surface area (TPSA) is 76.0 Å². The quantitative estimate of drug-likeness (QED) is 0.0853. The molecule has 0 amide bonds. The molecule has 0 aliphatic heterocycles. The van der Waals surface area contributed by atoms with Crippen LogP contribution in [0.2, 0.25) is 0 Å². The smallest absolute Gasteiger partial charge is 0.390 e. The molecule has 29 heavy (non-hydrogen) atoms. The lowest BCUT2D eigenvalue weighted by atomic mass is 10.0. The molecule has 0 rings (SSSR count). The first-order valence-corrected chi connectivity index (χ1v) is 15.2. The normalized spacial score (nSPS) is 14.8. The van der Waals surface area contributed by atoms with Crippen molar-refractivity contribution in [2.75, 3.05) is 30.0 Å². The molecule has 0 aromatic heterocycles. The number of hydrogen-bond donors (Lipinski definition) is 2. The number of thioether (sulfide) groups is 1. The monoisotopic (exact) mass is 518 g/mol. The second kappa shape index (κ2) is 22.1. The molecule has 0 aromatic carbocycles. The number of aliphatic hydroxyl groups is 1. The molecule has 0 aromatic rings. The van der Waals surface area contributed by atoms with E-state index in [1.54, 1.807) is 11.8 Å². The lowest BCUT2D eigenvalue weighted by Crippen LogP contribution is -2.18. The van der Waals surface area contributed by atoms with Crippen molar-refractivity contribution in [1.82, 2.24) is 0 Å². The number of alkyl halides is 1. The molecule has 176 valence electrons. The van der Waals surface area contributed by atoms with Gasteiger partial charge in [0.2, 0.25) is 0 Å². The standard InChI is InChI=1S/C21H44BrO5PS/c1-2-3-4-5-6-7-8-9-10-11-12-13-14-15-18-29-20-21(23)19-27-28(24,25)26-17-16-22/h21,23H,2-20H2,1H3,(H,24,25). The molecule has 0 heterocycles. The third-order valence-corrected chi connectivity index (χ3v) is 7.22. The Morgan fingerprint density at radius 2 is 1.34 bits per heavy atom. The predicted molar refractivity (Wildman–Crippen MR) is 129 cm³/mol. The summed E-state index contributed by atoms with van der Waals surface area (Å²) >= 11 is 4.77. The molecule has 8 heteroatoms. The molecule has 0 aliphatic carbocycles. The molecule has 0 saturated carbocycles. The fourth-order valence-corrected chi connectivity index (χ4v) is 5.15. The average molecular weight is 520 g/mol. The van der Waals surface area contributed by atoms with Crippen LogP contribution in [0.3, 0.4) is 0 Å². The Bertz CT molecular complexity index is 390. The highest BCUT2D eigenvalue weighted by atomic mass is 79.9. The van der Waals surface area contributed by atoms with E-state index in [9.17, 15) is 14.6 Å². The van der Waals surface area contributed by atoms with Crippen molar-refractivity contribution >= 4 is 35.5 Å². The van der Waals surface area contributed by atoms with Crippen molar-refractivity contribution in [3.63, 3.8) is 0 Å². The van der Waals surface area contributed by atoms with Gasteiger partial charge in [0.1, 0.15) is 0 Å². The summed E-state index contributed by atoms with van der Waals surface area (Å²) in [6.45, 7) is 2.18. The Hall–Kier alpha value is 0.900. The van der Waals surface area contributed by atoms with Crippen molar-refractivity contribution in [2.45, 2.75) is 103 Å². The van der Waals surface area contributed by atoms with Crippen LogP contribution in [0.25, 0.3) is 0 Å². The second-order valence-corrected chi connectivity index (χ2v) is 11.0. The zero-order valence-electron chi connectivity index (χ0n) is 18.4. The summed E-state index contributed by atoms with van der Waals surface area (Å²) in [6.07, 6.45) is 18.2. The van der Waals surface area contributed by atoms with Gasteiger partial charge in [0.15, 0.2) is 0 Å². The SMILES string of the molecule is CCCCCCCCCCCCCCCCSCC(O)COP(=O)(O)OCCBr. The lowest BCUT2D eigenvalue weighted by molar-refractivity contribution is 0.0875. The number of unbranched alkanes of at least 4 members (excludes halogenated alkanes) is 13. The molecule has 2 N–H and O–H groups in total. The van der Waals surface area contributed by atoms with E-state index in [0.717, 1.165) is 12.2 Å². The molecule has 0 spiro atoms. The van der Waals surface area contributed by atoms with Crippen molar-refractivity contribution in [3.8, 4) is 0 Å². The largest absolute Gasteiger partial charge is 0.472 e. The van der Waals surface area contributed by atoms with Crippen LogP contribution in [-0.4, -0.2) is 46.2 Å². The van der Waals surface area contributed by atoms with Crippen molar-refractivity contribution in [3.05, 3.63) is 0 Å². The molecule has 0 fully saturated rings. The predicted octanol–water partition coefficient (Wildman–Crippen LogP) is 7.09. The highest BCUT2D eigenvalue weighted by molar-refractivity contribution is 9.09. The molecule has 0 aliphatic rings. The second-order valence-electron chi connectivity index (χ2n) is 7.61. The third kappa shape index (κ3) is 23.4. The minimum atomic E-state index is -4.04. The van der Waals surface area contributed by atoms with Gasteiger partial charge in [-0.05, 0) is 12.2 Å². The molecule has 2 unspecified atom stereocenters. The van der Waals surface area contributed by atoms with Crippen LogP contribution < -0.4 is 0 Å². The molecule has 5 nitrogen and oxygen atoms in total. The first kappa shape index (κ1) is 29.9. The van der Waals surface area contributed by atoms with E-state index in [4.69, 9.17) is 4.52 Å². The van der Waals surface area contributed by atoms with Crippen molar-refractivity contribution < 1.29 is 23.6 Å². The van der Waals surface area contributed by atoms with Gasteiger partial charge in [0.25, 0.3) is 0 Å². The zero-order chi connectivity index (χ0) is 21.6. The number of hydrogen-bond acceptors (Lipinski definition) is 5. The summed E-state index contributed by atoms with van der Waals surface area (Å²) in [5.41, 5.74) is 0. The van der Waals surface area contributed by atoms with Crippen molar-refractivity contribution in [2.24, 2.45) is 0 Å². The van der Waals surface area contributed by atoms with Gasteiger partial charge in [-0.2, -0.15) is 11.8 Å². The van der Waals surface area contributed by atoms with Gasteiger partial charge >= 0.3 is 7.82 Å². The number of rotatable bonds is 23. The Labute approximate surface area is 191 Å². The third-order valence-electron chi connectivity index (χ3n) is 4.71. The summed E-state index contributed by atoms with van der Waals surface area (Å²) in [5.74, 6) is 1.52. The summed E-state index contributed by atoms with van der Waals surface area (Å²) in [6, 6.07) is 0. The molecule has 2 atom stereocenters. The summed E-state index contributed by atoms with van der Waals surface area (Å²) in [5, 5.41) is 10.3. The highest BCUT2D eigenvalue weighted by Crippen LogP contribution is 2.43. The minimum Gasteiger partial charge on any atom is -0.390 e. The van der Waals surface area contributed by atoms with E-state index < -0.39 is 13.9 Å². The number of aliphatic hydroxyl groups excluding tert-OH is 1. The molecular formula is C21H44BrO5PS. The zero-order valence-corrected chi connectivity index (χ0v) is 21.7. The van der Waals surface area contributed by atoms with Crippen molar-refractivity contribution in [1.29, 1.82) is 0 Å². The Morgan fingerprint density at radius 1 is 0.862 bits per heavy atom. The summed E-state index contributed by atoms with van der Waals surface area (Å²) in [7, 11) is -4.04. The first-order chi connectivity index (χ1) is 14.0. The first-order valence-electron chi connectivity index (χ1n) is 11.5. The fourth-order valence-electron chi connectivity index (χ4n) is 3.03. The maximum absolute atomic E-state index is 11.5. The summed E-state index contributed by atoms with van der Waals surface area (Å²) in [4.78, 5) is 9.38. The van der Waals surface area contributed by atoms with E-state index in [-0.39, 0.29) is 13.2 Å². The highest BCUT2D eigenvalue weighted by Gasteiger charge is 2.22. The van der Waals surface area contributed by atoms with Gasteiger partial charge < -0.3 is 10.00 Å². The Kier molecular flexibility index (Phi) is 22.8. The van der Waals surface area contributed by atoms with Crippen LogP contribution >= 0.6 is 35.5 Å². The maximum atomic E-state index is 11.5. The van der Waals surface area contributed by atoms with E-state index in [0.29, 0.717) is 11.1 Å². The summed E-state index contributed by atoms with van der Waals surface area (Å²) < 4.78 is 20.9. The van der Waals surface area contributed by atoms with Crippen LogP contribution in [0.5, 0.6) is 0 Å². The van der Waals surface area contributed by atoms with Gasteiger partial charge in [0.05, 0.1) is 19.3 Å². The van der Waals surface area contributed by atoms with Gasteiger partial charge in [-0.3, -0.25) is 9.05 Å². The fraction of sp³-hybridized carbons (Fsp3) is 1.00. The van der Waals surface area contributed by atoms with E-state index in [1.807, 2.05) is 0 Å². The number of phosphoric acid groups is 1. The van der Waals surface area contributed by atoms with Crippen LogP contribution in [0, 0.1) is 0 Å². The number of halogens is 1.